The second-order valence-corrected chi connectivity index (χ2v) is 6.14. The average Bonchev–Trinajstić information content (AvgIpc) is 3.37. The van der Waals surface area contributed by atoms with Gasteiger partial charge in [0.25, 0.3) is 5.69 Å². The maximum absolute atomic E-state index is 11.3. The Morgan fingerprint density at radius 3 is 2.75 bits per heavy atom. The maximum Gasteiger partial charge on any atom is 0.330 e. The van der Waals surface area contributed by atoms with E-state index in [2.05, 4.69) is 15.0 Å². The second kappa shape index (κ2) is 7.92. The van der Waals surface area contributed by atoms with Crippen molar-refractivity contribution in [1.82, 2.24) is 4.90 Å². The molecule has 1 aromatic carbocycles. The number of methoxy groups -OCH3 is 1. The van der Waals surface area contributed by atoms with Crippen molar-refractivity contribution < 1.29 is 14.5 Å². The minimum Gasteiger partial charge on any atom is -0.466 e. The van der Waals surface area contributed by atoms with Crippen molar-refractivity contribution >= 4 is 23.4 Å². The van der Waals surface area contributed by atoms with E-state index in [1.54, 1.807) is 12.1 Å². The number of ether oxygens (including phenoxy) is 1. The number of rotatable bonds is 8. The van der Waals surface area contributed by atoms with Crippen LogP contribution in [0.15, 0.2) is 24.3 Å². The molecule has 1 aromatic rings. The lowest BCUT2D eigenvalue weighted by atomic mass is 10.1. The van der Waals surface area contributed by atoms with Crippen molar-refractivity contribution in [3.63, 3.8) is 0 Å². The molecule has 24 heavy (non-hydrogen) atoms. The van der Waals surface area contributed by atoms with Gasteiger partial charge in [-0.1, -0.05) is 6.07 Å². The third-order valence-electron chi connectivity index (χ3n) is 4.16. The van der Waals surface area contributed by atoms with E-state index in [9.17, 15) is 14.9 Å². The first kappa shape index (κ1) is 17.9. The Hall–Kier alpha value is -2.41. The highest BCUT2D eigenvalue weighted by Gasteiger charge is 2.32. The molecule has 0 heterocycles. The first-order valence-corrected chi connectivity index (χ1v) is 7.87. The highest BCUT2D eigenvalue weighted by molar-refractivity contribution is 5.87. The van der Waals surface area contributed by atoms with E-state index in [0.717, 1.165) is 0 Å². The van der Waals surface area contributed by atoms with E-state index in [1.807, 2.05) is 14.1 Å². The predicted molar refractivity (Wildman–Crippen MR) is 92.8 cm³/mol. The molecule has 1 saturated carbocycles. The van der Waals surface area contributed by atoms with Crippen molar-refractivity contribution in [2.75, 3.05) is 33.1 Å². The highest BCUT2D eigenvalue weighted by Crippen LogP contribution is 2.35. The predicted octanol–water partition coefficient (Wildman–Crippen LogP) is 2.53. The van der Waals surface area contributed by atoms with Crippen LogP contribution in [0, 0.1) is 16.0 Å². The van der Waals surface area contributed by atoms with Gasteiger partial charge in [-0.25, -0.2) is 4.79 Å². The summed E-state index contributed by atoms with van der Waals surface area (Å²) >= 11 is 0. The summed E-state index contributed by atoms with van der Waals surface area (Å²) in [7, 11) is 5.34. The molecule has 0 bridgehead atoms. The van der Waals surface area contributed by atoms with E-state index in [4.69, 9.17) is 0 Å². The van der Waals surface area contributed by atoms with Gasteiger partial charge in [-0.15, -0.1) is 0 Å². The first-order valence-electron chi connectivity index (χ1n) is 7.87. The second-order valence-electron chi connectivity index (χ2n) is 6.14. The van der Waals surface area contributed by atoms with Crippen LogP contribution in [0.25, 0.3) is 6.08 Å². The average molecular weight is 333 g/mol. The zero-order valence-electron chi connectivity index (χ0n) is 14.2. The summed E-state index contributed by atoms with van der Waals surface area (Å²) in [5.74, 6) is 0.159. The Morgan fingerprint density at radius 2 is 2.21 bits per heavy atom. The number of nitro benzene ring substituents is 1. The van der Waals surface area contributed by atoms with Gasteiger partial charge < -0.3 is 15.0 Å². The molecule has 1 unspecified atom stereocenters. The molecule has 0 radical (unpaired) electrons. The quantitative estimate of drug-likeness (QED) is 0.341. The molecule has 0 aromatic heterocycles. The van der Waals surface area contributed by atoms with Gasteiger partial charge in [0.2, 0.25) is 0 Å². The Bertz CT molecular complexity index is 637. The Labute approximate surface area is 141 Å². The van der Waals surface area contributed by atoms with Crippen LogP contribution < -0.4 is 5.32 Å². The van der Waals surface area contributed by atoms with Gasteiger partial charge in [0.15, 0.2) is 0 Å². The molecule has 1 N–H and O–H groups in total. The molecular weight excluding hydrogens is 310 g/mol. The number of carbonyl (C=O) groups is 1. The monoisotopic (exact) mass is 333 g/mol. The van der Waals surface area contributed by atoms with Gasteiger partial charge in [0.1, 0.15) is 5.69 Å². The third-order valence-corrected chi connectivity index (χ3v) is 4.16. The van der Waals surface area contributed by atoms with Crippen molar-refractivity contribution in [3.8, 4) is 0 Å². The van der Waals surface area contributed by atoms with Crippen molar-refractivity contribution in [2.24, 2.45) is 5.92 Å². The van der Waals surface area contributed by atoms with E-state index < -0.39 is 10.9 Å². The van der Waals surface area contributed by atoms with E-state index in [0.29, 0.717) is 29.8 Å². The molecule has 7 heteroatoms. The Balaban J connectivity index is 2.12. The number of anilines is 1. The standard InChI is InChI=1S/C17H23N3O4/c1-19(2)16(13-6-7-13)11-18-14-8-4-12(5-9-17(21)24-3)10-15(14)20(22)23/h4-5,8-10,13,16,18H,6-7,11H2,1-3H3. The molecule has 130 valence electrons. The topological polar surface area (TPSA) is 84.7 Å². The van der Waals surface area contributed by atoms with Gasteiger partial charge in [-0.3, -0.25) is 10.1 Å². The summed E-state index contributed by atoms with van der Waals surface area (Å²) in [4.78, 5) is 24.2. The molecule has 1 fully saturated rings. The van der Waals surface area contributed by atoms with Gasteiger partial charge in [-0.05, 0) is 50.6 Å². The summed E-state index contributed by atoms with van der Waals surface area (Å²) in [6.07, 6.45) is 5.16. The Morgan fingerprint density at radius 1 is 1.50 bits per heavy atom. The number of nitrogens with one attached hydrogen (secondary N) is 1. The lowest BCUT2D eigenvalue weighted by Crippen LogP contribution is -2.36. The van der Waals surface area contributed by atoms with Crippen LogP contribution >= 0.6 is 0 Å². The normalized spacial score (nSPS) is 15.5. The third kappa shape index (κ3) is 4.79. The van der Waals surface area contributed by atoms with Crippen LogP contribution in [-0.2, 0) is 9.53 Å². The van der Waals surface area contributed by atoms with Crippen LogP contribution in [0.5, 0.6) is 0 Å². The molecule has 1 atom stereocenters. The highest BCUT2D eigenvalue weighted by atomic mass is 16.6. The van der Waals surface area contributed by atoms with Crippen molar-refractivity contribution in [3.05, 3.63) is 40.0 Å². The number of hydrogen-bond acceptors (Lipinski definition) is 6. The number of nitro groups is 1. The van der Waals surface area contributed by atoms with Gasteiger partial charge >= 0.3 is 5.97 Å². The number of nitrogens with zero attached hydrogens (tertiary/aromatic N) is 2. The first-order chi connectivity index (χ1) is 11.4. The largest absolute Gasteiger partial charge is 0.466 e. The molecular formula is C17H23N3O4. The molecule has 2 rings (SSSR count). The molecule has 0 aliphatic heterocycles. The van der Waals surface area contributed by atoms with Crippen LogP contribution in [0.2, 0.25) is 0 Å². The number of benzene rings is 1. The van der Waals surface area contributed by atoms with Gasteiger partial charge in [0.05, 0.1) is 12.0 Å². The fraction of sp³-hybridized carbons (Fsp3) is 0.471. The zero-order chi connectivity index (χ0) is 17.7. The number of hydrogen-bond donors (Lipinski definition) is 1. The van der Waals surface area contributed by atoms with Gasteiger partial charge in [0, 0.05) is 24.7 Å². The molecule has 1 aliphatic carbocycles. The van der Waals surface area contributed by atoms with Crippen molar-refractivity contribution in [2.45, 2.75) is 18.9 Å². The fourth-order valence-electron chi connectivity index (χ4n) is 2.65. The zero-order valence-corrected chi connectivity index (χ0v) is 14.2. The summed E-state index contributed by atoms with van der Waals surface area (Å²) in [6, 6.07) is 5.22. The summed E-state index contributed by atoms with van der Waals surface area (Å²) in [5.41, 5.74) is 1.06. The summed E-state index contributed by atoms with van der Waals surface area (Å²) in [6.45, 7) is 0.663. The van der Waals surface area contributed by atoms with Crippen LogP contribution in [0.4, 0.5) is 11.4 Å². The van der Waals surface area contributed by atoms with Crippen LogP contribution in [0.1, 0.15) is 18.4 Å². The smallest absolute Gasteiger partial charge is 0.330 e. The van der Waals surface area contributed by atoms with E-state index in [-0.39, 0.29) is 5.69 Å². The van der Waals surface area contributed by atoms with E-state index in [1.165, 1.54) is 38.2 Å². The molecule has 0 saturated heterocycles. The number of likely N-dealkylation sites (N-methyl/N-ethyl adjacent to an activating group) is 1. The molecule has 7 nitrogen and oxygen atoms in total. The maximum atomic E-state index is 11.3. The summed E-state index contributed by atoms with van der Waals surface area (Å²) < 4.78 is 4.51. The molecule has 0 spiro atoms. The molecule has 0 amide bonds. The van der Waals surface area contributed by atoms with Crippen molar-refractivity contribution in [1.29, 1.82) is 0 Å². The van der Waals surface area contributed by atoms with Crippen LogP contribution in [0.3, 0.4) is 0 Å². The Kier molecular flexibility index (Phi) is 5.92. The lowest BCUT2D eigenvalue weighted by Gasteiger charge is -2.24. The lowest BCUT2D eigenvalue weighted by molar-refractivity contribution is -0.384. The van der Waals surface area contributed by atoms with E-state index >= 15 is 0 Å². The number of carbonyl (C=O) groups excluding carboxylic acids is 1. The van der Waals surface area contributed by atoms with Gasteiger partial charge in [-0.2, -0.15) is 0 Å². The SMILES string of the molecule is COC(=O)C=Cc1ccc(NCC(C2CC2)N(C)C)c([N+](=O)[O-])c1. The van der Waals surface area contributed by atoms with Crippen LogP contribution in [-0.4, -0.2) is 49.6 Å². The summed E-state index contributed by atoms with van der Waals surface area (Å²) in [5, 5.41) is 14.5. The number of esters is 1. The fourth-order valence-corrected chi connectivity index (χ4v) is 2.65. The minimum absolute atomic E-state index is 0.00433. The minimum atomic E-state index is -0.502. The molecule has 1 aliphatic rings.